The van der Waals surface area contributed by atoms with Crippen molar-refractivity contribution in [2.75, 3.05) is 0 Å². The molecule has 0 atom stereocenters. The molecule has 0 amide bonds. The average molecular weight is 206 g/mol. The van der Waals surface area contributed by atoms with E-state index in [-0.39, 0.29) is 0 Å². The minimum atomic E-state index is 0.897. The van der Waals surface area contributed by atoms with Crippen molar-refractivity contribution in [3.63, 3.8) is 0 Å². The third-order valence-corrected chi connectivity index (χ3v) is 2.47. The van der Waals surface area contributed by atoms with E-state index in [0.717, 1.165) is 16.9 Å². The minimum absolute atomic E-state index is 0.897. The summed E-state index contributed by atoms with van der Waals surface area (Å²) in [7, 11) is 2.03. The quantitative estimate of drug-likeness (QED) is 0.702. The number of allylic oxidation sites excluding steroid dienone is 2. The maximum absolute atomic E-state index is 4.15. The molecular weight excluding hydrogens is 197 g/mol. The van der Waals surface area contributed by atoms with E-state index in [0.29, 0.717) is 0 Å². The molecule has 1 radical (unpaired) electrons. The van der Waals surface area contributed by atoms with Gasteiger partial charge in [-0.05, 0) is 12.1 Å². The van der Waals surface area contributed by atoms with Crippen molar-refractivity contribution in [1.82, 2.24) is 15.0 Å². The predicted molar refractivity (Wildman–Crippen MR) is 64.2 cm³/mol. The molecule has 16 heavy (non-hydrogen) atoms. The molecule has 1 aromatic heterocycles. The van der Waals surface area contributed by atoms with Crippen LogP contribution in [-0.2, 0) is 0 Å². The summed E-state index contributed by atoms with van der Waals surface area (Å²) in [4.78, 5) is 0. The van der Waals surface area contributed by atoms with E-state index < -0.39 is 0 Å². The summed E-state index contributed by atoms with van der Waals surface area (Å²) in [6.07, 6.45) is 5.96. The van der Waals surface area contributed by atoms with Crippen molar-refractivity contribution in [3.05, 3.63) is 60.4 Å². The van der Waals surface area contributed by atoms with Crippen molar-refractivity contribution >= 4 is 12.8 Å². The van der Waals surface area contributed by atoms with Gasteiger partial charge in [-0.2, -0.15) is 0 Å². The third-order valence-electron chi connectivity index (χ3n) is 2.47. The van der Waals surface area contributed by atoms with Crippen LogP contribution in [0.15, 0.2) is 54.7 Å². The summed E-state index contributed by atoms with van der Waals surface area (Å²) in [6, 6.07) is 9.96. The lowest BCUT2D eigenvalue weighted by atomic mass is 9.72. The van der Waals surface area contributed by atoms with Crippen LogP contribution < -0.4 is 0 Å². The SMILES string of the molecule is [B]1C=CC=C1c1cn(-c2ccccc2)nn1. The molecule has 0 N–H and O–H groups in total. The molecule has 0 saturated heterocycles. The highest BCUT2D eigenvalue weighted by Crippen LogP contribution is 2.15. The van der Waals surface area contributed by atoms with E-state index in [1.807, 2.05) is 61.9 Å². The van der Waals surface area contributed by atoms with Crippen LogP contribution in [0.2, 0.25) is 0 Å². The summed E-state index contributed by atoms with van der Waals surface area (Å²) in [5, 5.41) is 8.26. The number of para-hydroxylation sites is 1. The highest BCUT2D eigenvalue weighted by molar-refractivity contribution is 6.66. The van der Waals surface area contributed by atoms with Gasteiger partial charge in [-0.25, -0.2) is 4.68 Å². The average Bonchev–Trinajstić information content (AvgIpc) is 3.01. The largest absolute Gasteiger partial charge is 0.220 e. The lowest BCUT2D eigenvalue weighted by Crippen LogP contribution is -1.93. The van der Waals surface area contributed by atoms with Crippen LogP contribution in [0, 0.1) is 0 Å². The maximum atomic E-state index is 4.15. The Morgan fingerprint density at radius 1 is 1.12 bits per heavy atom. The lowest BCUT2D eigenvalue weighted by Gasteiger charge is -1.97. The molecule has 4 heteroatoms. The second-order valence-corrected chi connectivity index (χ2v) is 3.56. The highest BCUT2D eigenvalue weighted by Gasteiger charge is 2.09. The summed E-state index contributed by atoms with van der Waals surface area (Å²) >= 11 is 0. The molecule has 2 heterocycles. The topological polar surface area (TPSA) is 30.7 Å². The van der Waals surface area contributed by atoms with Gasteiger partial charge < -0.3 is 0 Å². The number of hydrogen-bond donors (Lipinski definition) is 0. The van der Waals surface area contributed by atoms with Crippen molar-refractivity contribution in [1.29, 1.82) is 0 Å². The van der Waals surface area contributed by atoms with Gasteiger partial charge in [-0.1, -0.05) is 41.0 Å². The number of benzene rings is 1. The van der Waals surface area contributed by atoms with Crippen molar-refractivity contribution in [2.24, 2.45) is 0 Å². The molecule has 3 rings (SSSR count). The van der Waals surface area contributed by atoms with Crippen LogP contribution in [0.25, 0.3) is 11.2 Å². The first kappa shape index (κ1) is 9.15. The summed E-state index contributed by atoms with van der Waals surface area (Å²) in [5.41, 5.74) is 3.02. The summed E-state index contributed by atoms with van der Waals surface area (Å²) in [6.45, 7) is 0. The van der Waals surface area contributed by atoms with Gasteiger partial charge in [0.2, 0.25) is 0 Å². The van der Waals surface area contributed by atoms with Gasteiger partial charge in [0.1, 0.15) is 0 Å². The molecule has 0 saturated carbocycles. The van der Waals surface area contributed by atoms with E-state index in [2.05, 4.69) is 10.3 Å². The third kappa shape index (κ3) is 1.58. The summed E-state index contributed by atoms with van der Waals surface area (Å²) < 4.78 is 1.78. The van der Waals surface area contributed by atoms with Crippen LogP contribution in [0.4, 0.5) is 0 Å². The molecular formula is C12H9BN3. The van der Waals surface area contributed by atoms with E-state index in [4.69, 9.17) is 0 Å². The van der Waals surface area contributed by atoms with Gasteiger partial charge in [0.05, 0.1) is 17.6 Å². The maximum Gasteiger partial charge on any atom is 0.184 e. The fourth-order valence-corrected chi connectivity index (χ4v) is 1.65. The van der Waals surface area contributed by atoms with Gasteiger partial charge in [-0.15, -0.1) is 11.1 Å². The highest BCUT2D eigenvalue weighted by atomic mass is 15.4. The van der Waals surface area contributed by atoms with E-state index in [9.17, 15) is 0 Å². The second-order valence-electron chi connectivity index (χ2n) is 3.56. The molecule has 0 fully saturated rings. The molecule has 1 aromatic carbocycles. The van der Waals surface area contributed by atoms with Gasteiger partial charge in [0.25, 0.3) is 0 Å². The summed E-state index contributed by atoms with van der Waals surface area (Å²) in [5.74, 6) is 2.00. The molecule has 0 spiro atoms. The Morgan fingerprint density at radius 3 is 2.75 bits per heavy atom. The zero-order valence-electron chi connectivity index (χ0n) is 8.62. The molecule has 0 bridgehead atoms. The number of hydrogen-bond acceptors (Lipinski definition) is 2. The minimum Gasteiger partial charge on any atom is -0.220 e. The Labute approximate surface area is 94.3 Å². The Hall–Kier alpha value is -2.10. The first-order valence-electron chi connectivity index (χ1n) is 5.13. The van der Waals surface area contributed by atoms with Gasteiger partial charge in [0, 0.05) is 0 Å². The molecule has 0 aliphatic carbocycles. The van der Waals surface area contributed by atoms with Crippen LogP contribution in [0.1, 0.15) is 5.69 Å². The molecule has 1 aliphatic heterocycles. The zero-order valence-corrected chi connectivity index (χ0v) is 8.62. The van der Waals surface area contributed by atoms with Crippen molar-refractivity contribution < 1.29 is 0 Å². The number of rotatable bonds is 2. The van der Waals surface area contributed by atoms with Crippen molar-refractivity contribution in [3.8, 4) is 5.69 Å². The lowest BCUT2D eigenvalue weighted by molar-refractivity contribution is 0.802. The van der Waals surface area contributed by atoms with E-state index in [1.165, 1.54) is 0 Å². The fourth-order valence-electron chi connectivity index (χ4n) is 1.65. The van der Waals surface area contributed by atoms with Crippen LogP contribution in [0.5, 0.6) is 0 Å². The number of nitrogens with zero attached hydrogens (tertiary/aromatic N) is 3. The van der Waals surface area contributed by atoms with Gasteiger partial charge >= 0.3 is 0 Å². The van der Waals surface area contributed by atoms with Crippen molar-refractivity contribution in [2.45, 2.75) is 0 Å². The number of aromatic nitrogens is 3. The van der Waals surface area contributed by atoms with E-state index >= 15 is 0 Å². The molecule has 3 nitrogen and oxygen atoms in total. The Bertz CT molecular complexity index is 555. The van der Waals surface area contributed by atoms with Crippen LogP contribution in [-0.4, -0.2) is 22.3 Å². The molecule has 2 aromatic rings. The first-order chi connectivity index (χ1) is 7.93. The Balaban J connectivity index is 1.94. The standard InChI is InChI=1S/C12H9BN3/c1-2-5-10(6-3-1)16-9-12(14-15-16)11-7-4-8-13-11/h1-9H. The fraction of sp³-hybridized carbons (Fsp3) is 0. The Morgan fingerprint density at radius 2 is 2.00 bits per heavy atom. The van der Waals surface area contributed by atoms with E-state index in [1.54, 1.807) is 4.68 Å². The molecule has 1 aliphatic rings. The smallest absolute Gasteiger partial charge is 0.184 e. The Kier molecular flexibility index (Phi) is 2.18. The van der Waals surface area contributed by atoms with Crippen LogP contribution >= 0.6 is 0 Å². The van der Waals surface area contributed by atoms with Gasteiger partial charge in [0.15, 0.2) is 7.28 Å². The molecule has 0 unspecified atom stereocenters. The zero-order chi connectivity index (χ0) is 10.8. The molecule has 75 valence electrons. The van der Waals surface area contributed by atoms with Gasteiger partial charge in [-0.3, -0.25) is 0 Å². The van der Waals surface area contributed by atoms with Crippen LogP contribution in [0.3, 0.4) is 0 Å². The normalized spacial score (nSPS) is 13.6. The predicted octanol–water partition coefficient (Wildman–Crippen LogP) is 1.84. The first-order valence-corrected chi connectivity index (χ1v) is 5.13. The second kappa shape index (κ2) is 3.81. The monoisotopic (exact) mass is 206 g/mol.